The average molecular weight is 782 g/mol. The second kappa shape index (κ2) is 14.9. The van der Waals surface area contributed by atoms with E-state index in [2.05, 4.69) is 19.9 Å². The molecule has 3 unspecified atom stereocenters. The quantitative estimate of drug-likeness (QED) is 0.151. The van der Waals surface area contributed by atoms with Gasteiger partial charge in [-0.1, -0.05) is 13.0 Å². The Bertz CT molecular complexity index is 2340. The molecule has 300 valence electrons. The number of halogens is 1. The zero-order chi connectivity index (χ0) is 40.2. The number of carboxylic acid groups (broad SMARTS) is 1. The highest BCUT2D eigenvalue weighted by atomic mass is 19.1. The number of carbonyl (C=O) groups is 3. The fraction of sp³-hybridized carbons (Fsp3) is 0.452. The number of ketones is 1. The van der Waals surface area contributed by atoms with E-state index in [1.807, 2.05) is 50.5 Å². The number of rotatable bonds is 9. The second-order valence-electron chi connectivity index (χ2n) is 16.2. The van der Waals surface area contributed by atoms with Crippen LogP contribution in [0.2, 0.25) is 0 Å². The molecule has 3 atom stereocenters. The first kappa shape index (κ1) is 38.0. The number of allylic oxidation sites excluding steroid dienone is 5. The van der Waals surface area contributed by atoms with E-state index >= 15 is 4.39 Å². The summed E-state index contributed by atoms with van der Waals surface area (Å²) in [7, 11) is 1.54. The SMILES string of the molecule is CCCN(Cc1ncc(-c2ccc3c(c2)c(F)c2n3C(C3CC(=O)C=C(OC)C3)OC3=C2CCC(c2cnc(C4CCCN4C(=O)O)[nH]2)=C3)[nH]1)C(=O)OC(C)(C)C. The maximum Gasteiger partial charge on any atom is 0.410 e. The molecule has 2 aliphatic heterocycles. The summed E-state index contributed by atoms with van der Waals surface area (Å²) in [5.41, 5.74) is 4.21. The molecule has 4 aromatic rings. The second-order valence-corrected chi connectivity index (χ2v) is 16.2. The van der Waals surface area contributed by atoms with Crippen molar-refractivity contribution in [3.8, 4) is 11.3 Å². The Balaban J connectivity index is 1.15. The van der Waals surface area contributed by atoms with E-state index in [0.717, 1.165) is 35.2 Å². The number of hydrogen-bond donors (Lipinski definition) is 3. The van der Waals surface area contributed by atoms with Gasteiger partial charge in [-0.05, 0) is 76.7 Å². The van der Waals surface area contributed by atoms with Crippen LogP contribution in [0.5, 0.6) is 0 Å². The molecule has 1 fully saturated rings. The fourth-order valence-electron chi connectivity index (χ4n) is 8.51. The molecule has 4 aliphatic rings. The number of nitrogens with one attached hydrogen (secondary N) is 2. The van der Waals surface area contributed by atoms with Crippen molar-refractivity contribution in [2.75, 3.05) is 20.2 Å². The van der Waals surface area contributed by atoms with Crippen molar-refractivity contribution >= 4 is 40.0 Å². The number of aromatic amines is 2. The maximum absolute atomic E-state index is 17.1. The van der Waals surface area contributed by atoms with E-state index in [-0.39, 0.29) is 36.5 Å². The van der Waals surface area contributed by atoms with Crippen molar-refractivity contribution in [3.05, 3.63) is 83.1 Å². The van der Waals surface area contributed by atoms with Crippen LogP contribution in [0.25, 0.3) is 33.3 Å². The molecular weight excluding hydrogens is 734 g/mol. The van der Waals surface area contributed by atoms with Crippen LogP contribution in [0.4, 0.5) is 14.0 Å². The number of ether oxygens (including phenoxy) is 3. The predicted molar refractivity (Wildman–Crippen MR) is 209 cm³/mol. The molecule has 2 aliphatic carbocycles. The number of fused-ring (bicyclic) bond motifs is 4. The number of nitrogens with zero attached hydrogens (tertiary/aromatic N) is 5. The van der Waals surface area contributed by atoms with Gasteiger partial charge in [0.2, 0.25) is 0 Å². The molecule has 0 radical (unpaired) electrons. The van der Waals surface area contributed by atoms with Gasteiger partial charge in [0.05, 0.1) is 60.4 Å². The normalized spacial score (nSPS) is 20.8. The van der Waals surface area contributed by atoms with Gasteiger partial charge in [-0.3, -0.25) is 9.69 Å². The number of methoxy groups -OCH3 is 1. The van der Waals surface area contributed by atoms with Gasteiger partial charge in [0, 0.05) is 54.4 Å². The van der Waals surface area contributed by atoms with Crippen LogP contribution < -0.4 is 0 Å². The summed E-state index contributed by atoms with van der Waals surface area (Å²) in [4.78, 5) is 56.5. The highest BCUT2D eigenvalue weighted by Gasteiger charge is 2.41. The molecule has 3 N–H and O–H groups in total. The lowest BCUT2D eigenvalue weighted by atomic mass is 9.88. The Morgan fingerprint density at radius 2 is 1.91 bits per heavy atom. The molecule has 0 bridgehead atoms. The first-order chi connectivity index (χ1) is 27.3. The molecule has 1 aromatic carbocycles. The van der Waals surface area contributed by atoms with E-state index in [4.69, 9.17) is 14.2 Å². The predicted octanol–water partition coefficient (Wildman–Crippen LogP) is 8.48. The number of likely N-dealkylation sites (tertiary alicyclic amines) is 1. The third-order valence-corrected chi connectivity index (χ3v) is 11.1. The van der Waals surface area contributed by atoms with Crippen LogP contribution in [-0.2, 0) is 25.5 Å². The molecule has 14 nitrogen and oxygen atoms in total. The molecule has 57 heavy (non-hydrogen) atoms. The molecule has 1 saturated heterocycles. The Kier molecular flexibility index (Phi) is 9.94. The van der Waals surface area contributed by atoms with Crippen LogP contribution in [0.1, 0.15) is 108 Å². The highest BCUT2D eigenvalue weighted by molar-refractivity contribution is 5.93. The largest absolute Gasteiger partial charge is 0.501 e. The van der Waals surface area contributed by atoms with Crippen LogP contribution in [-0.4, -0.2) is 83.2 Å². The highest BCUT2D eigenvalue weighted by Crippen LogP contribution is 2.49. The van der Waals surface area contributed by atoms with Gasteiger partial charge >= 0.3 is 12.2 Å². The minimum Gasteiger partial charge on any atom is -0.501 e. The van der Waals surface area contributed by atoms with Crippen LogP contribution >= 0.6 is 0 Å². The number of hydrogen-bond acceptors (Lipinski definition) is 8. The summed E-state index contributed by atoms with van der Waals surface area (Å²) >= 11 is 0. The Morgan fingerprint density at radius 3 is 2.67 bits per heavy atom. The topological polar surface area (TPSA) is 168 Å². The van der Waals surface area contributed by atoms with Crippen molar-refractivity contribution in [1.82, 2.24) is 34.3 Å². The van der Waals surface area contributed by atoms with Crippen LogP contribution in [0, 0.1) is 11.7 Å². The lowest BCUT2D eigenvalue weighted by Crippen LogP contribution is -2.37. The monoisotopic (exact) mass is 781 g/mol. The van der Waals surface area contributed by atoms with E-state index in [1.165, 1.54) is 18.1 Å². The summed E-state index contributed by atoms with van der Waals surface area (Å²) in [6, 6.07) is 5.24. The summed E-state index contributed by atoms with van der Waals surface area (Å²) < 4.78 is 37.0. The molecule has 15 heteroatoms. The smallest absolute Gasteiger partial charge is 0.410 e. The first-order valence-electron chi connectivity index (χ1n) is 19.6. The van der Waals surface area contributed by atoms with Crippen molar-refractivity contribution in [2.24, 2.45) is 5.92 Å². The van der Waals surface area contributed by atoms with E-state index in [0.29, 0.717) is 84.2 Å². The molecule has 8 rings (SSSR count). The van der Waals surface area contributed by atoms with Gasteiger partial charge in [-0.25, -0.2) is 23.9 Å². The van der Waals surface area contributed by atoms with Gasteiger partial charge in [-0.2, -0.15) is 0 Å². The number of carbonyl (C=O) groups excluding carboxylic acids is 2. The van der Waals surface area contributed by atoms with Gasteiger partial charge in [-0.15, -0.1) is 0 Å². The molecule has 5 heterocycles. The van der Waals surface area contributed by atoms with Crippen molar-refractivity contribution in [1.29, 1.82) is 0 Å². The molecule has 0 saturated carbocycles. The molecule has 0 spiro atoms. The zero-order valence-electron chi connectivity index (χ0n) is 32.9. The third-order valence-electron chi connectivity index (χ3n) is 11.1. The van der Waals surface area contributed by atoms with Gasteiger partial charge in [0.25, 0.3) is 0 Å². The minimum absolute atomic E-state index is 0.0846. The summed E-state index contributed by atoms with van der Waals surface area (Å²) in [6.45, 7) is 8.67. The lowest BCUT2D eigenvalue weighted by molar-refractivity contribution is -0.118. The van der Waals surface area contributed by atoms with E-state index < -0.39 is 24.0 Å². The zero-order valence-corrected chi connectivity index (χ0v) is 32.9. The van der Waals surface area contributed by atoms with Crippen LogP contribution in [0.3, 0.4) is 0 Å². The standard InChI is InChI=1S/C42H48FN7O7/c1-6-13-48(41(54)57-42(2,3)4)22-35-44-20-30(46-35)23-10-12-32-29(17-23)36(43)37-28-11-9-24(31-21-45-38(47-31)33-8-7-14-49(33)40(52)53)18-34(28)56-39(50(32)37)25-15-26(51)19-27(16-25)55-5/h10,12,17-21,25,33,39H,6-9,11,13-16,22H2,1-5H3,(H,44,46)(H,45,47)(H,52,53). The van der Waals surface area contributed by atoms with Gasteiger partial charge in [0.1, 0.15) is 23.0 Å². The maximum atomic E-state index is 17.1. The third kappa shape index (κ3) is 7.30. The summed E-state index contributed by atoms with van der Waals surface area (Å²) in [6.07, 6.45) is 8.64. The number of benzene rings is 1. The van der Waals surface area contributed by atoms with Gasteiger partial charge < -0.3 is 38.8 Å². The number of imidazole rings is 2. The lowest BCUT2D eigenvalue weighted by Gasteiger charge is -2.38. The van der Waals surface area contributed by atoms with Crippen molar-refractivity contribution in [3.63, 3.8) is 0 Å². The van der Waals surface area contributed by atoms with Crippen LogP contribution in [0.15, 0.2) is 54.3 Å². The summed E-state index contributed by atoms with van der Waals surface area (Å²) in [5, 5.41) is 10.1. The molecular formula is C42H48FN7O7. The number of amides is 2. The number of aromatic nitrogens is 5. The fourth-order valence-corrected chi connectivity index (χ4v) is 8.51. The Hall–Kier alpha value is -5.86. The average Bonchev–Trinajstić information content (AvgIpc) is 4.00. The van der Waals surface area contributed by atoms with Crippen molar-refractivity contribution < 1.29 is 38.1 Å². The van der Waals surface area contributed by atoms with Crippen molar-refractivity contribution in [2.45, 2.75) is 97.1 Å². The number of H-pyrrole nitrogens is 2. The molecule has 2 amide bonds. The van der Waals surface area contributed by atoms with E-state index in [1.54, 1.807) is 23.4 Å². The van der Waals surface area contributed by atoms with Gasteiger partial charge in [0.15, 0.2) is 17.8 Å². The molecule has 3 aromatic heterocycles. The Morgan fingerprint density at radius 1 is 1.11 bits per heavy atom. The first-order valence-corrected chi connectivity index (χ1v) is 19.6. The van der Waals surface area contributed by atoms with E-state index in [9.17, 15) is 19.5 Å². The summed E-state index contributed by atoms with van der Waals surface area (Å²) in [5.74, 6) is 1.44. The minimum atomic E-state index is -0.968. The Labute approximate surface area is 329 Å².